The van der Waals surface area contributed by atoms with E-state index in [4.69, 9.17) is 14.2 Å². The van der Waals surface area contributed by atoms with Crippen LogP contribution in [0.1, 0.15) is 17.3 Å². The maximum absolute atomic E-state index is 13.3. The molecule has 190 valence electrons. The van der Waals surface area contributed by atoms with Gasteiger partial charge in [0.05, 0.1) is 6.61 Å². The summed E-state index contributed by atoms with van der Waals surface area (Å²) in [4.78, 5) is 13.3. The lowest BCUT2D eigenvalue weighted by Gasteiger charge is -2.18. The van der Waals surface area contributed by atoms with Crippen LogP contribution in [0.3, 0.4) is 0 Å². The summed E-state index contributed by atoms with van der Waals surface area (Å²) in [6.45, 7) is 2.04. The monoisotopic (exact) mass is 510 g/mol. The Kier molecular flexibility index (Phi) is 6.67. The van der Waals surface area contributed by atoms with Crippen molar-refractivity contribution in [3.8, 4) is 34.1 Å². The number of benzene rings is 6. The predicted octanol–water partition coefficient (Wildman–Crippen LogP) is 9.42. The highest BCUT2D eigenvalue weighted by Crippen LogP contribution is 2.40. The van der Waals surface area contributed by atoms with E-state index in [2.05, 4.69) is 18.2 Å². The van der Waals surface area contributed by atoms with Crippen molar-refractivity contribution in [2.24, 2.45) is 0 Å². The third-order valence-corrected chi connectivity index (χ3v) is 6.55. The van der Waals surface area contributed by atoms with Gasteiger partial charge in [-0.1, -0.05) is 91.0 Å². The summed E-state index contributed by atoms with van der Waals surface area (Å²) in [5.74, 6) is 1.76. The molecule has 0 bridgehead atoms. The number of hydrogen-bond acceptors (Lipinski definition) is 4. The quantitative estimate of drug-likeness (QED) is 0.201. The smallest absolute Gasteiger partial charge is 0.342 e. The van der Waals surface area contributed by atoms with Gasteiger partial charge in [0, 0.05) is 11.6 Å². The fourth-order valence-corrected chi connectivity index (χ4v) is 4.71. The van der Waals surface area contributed by atoms with Crippen molar-refractivity contribution in [1.82, 2.24) is 0 Å². The number of fused-ring (bicyclic) bond motifs is 2. The molecule has 0 saturated carbocycles. The highest BCUT2D eigenvalue weighted by atomic mass is 16.5. The predicted molar refractivity (Wildman–Crippen MR) is 156 cm³/mol. The highest BCUT2D eigenvalue weighted by Gasteiger charge is 2.23. The molecule has 0 aliphatic heterocycles. The molecule has 0 amide bonds. The Morgan fingerprint density at radius 1 is 0.564 bits per heavy atom. The topological polar surface area (TPSA) is 44.8 Å². The lowest BCUT2D eigenvalue weighted by atomic mass is 9.98. The molecule has 0 fully saturated rings. The fourth-order valence-electron chi connectivity index (χ4n) is 4.71. The molecule has 0 atom stereocenters. The number of ether oxygens (including phenoxy) is 3. The van der Waals surface area contributed by atoms with Gasteiger partial charge in [-0.25, -0.2) is 4.79 Å². The van der Waals surface area contributed by atoms with E-state index in [9.17, 15) is 4.79 Å². The number of rotatable bonds is 7. The second kappa shape index (κ2) is 10.7. The summed E-state index contributed by atoms with van der Waals surface area (Å²) < 4.78 is 18.3. The molecule has 6 aromatic carbocycles. The zero-order valence-electron chi connectivity index (χ0n) is 21.5. The Morgan fingerprint density at radius 3 is 1.74 bits per heavy atom. The lowest BCUT2D eigenvalue weighted by molar-refractivity contribution is 0.0524. The van der Waals surface area contributed by atoms with E-state index in [-0.39, 0.29) is 6.61 Å². The van der Waals surface area contributed by atoms with Gasteiger partial charge in [-0.3, -0.25) is 0 Å². The molecule has 6 aromatic rings. The average molecular weight is 511 g/mol. The summed E-state index contributed by atoms with van der Waals surface area (Å²) in [5.41, 5.74) is 1.87. The molecule has 0 aliphatic rings. The van der Waals surface area contributed by atoms with Crippen molar-refractivity contribution >= 4 is 27.5 Å². The Morgan fingerprint density at radius 2 is 1.13 bits per heavy atom. The van der Waals surface area contributed by atoms with Crippen LogP contribution in [-0.2, 0) is 4.74 Å². The Labute approximate surface area is 227 Å². The molecule has 4 heteroatoms. The maximum Gasteiger partial charge on any atom is 0.342 e. The SMILES string of the molecule is CCOC(=O)c1c(Oc2ccc3ccccc3c2)cc(Oc2ccc3ccccc3c2)cc1-c1ccccc1. The summed E-state index contributed by atoms with van der Waals surface area (Å²) in [5, 5.41) is 4.36. The third kappa shape index (κ3) is 5.18. The van der Waals surface area contributed by atoms with Gasteiger partial charge >= 0.3 is 5.97 Å². The van der Waals surface area contributed by atoms with Gasteiger partial charge in [-0.2, -0.15) is 0 Å². The molecule has 6 rings (SSSR count). The first-order valence-corrected chi connectivity index (χ1v) is 12.9. The van der Waals surface area contributed by atoms with Gasteiger partial charge in [-0.05, 0) is 64.4 Å². The molecule has 4 nitrogen and oxygen atoms in total. The average Bonchev–Trinajstić information content (AvgIpc) is 2.97. The van der Waals surface area contributed by atoms with Crippen LogP contribution in [0.5, 0.6) is 23.0 Å². The van der Waals surface area contributed by atoms with Gasteiger partial charge in [0.15, 0.2) is 0 Å². The van der Waals surface area contributed by atoms with Crippen LogP contribution in [0, 0.1) is 0 Å². The molecule has 0 N–H and O–H groups in total. The molecule has 39 heavy (non-hydrogen) atoms. The van der Waals surface area contributed by atoms with E-state index in [1.165, 1.54) is 0 Å². The lowest BCUT2D eigenvalue weighted by Crippen LogP contribution is -2.09. The summed E-state index contributed by atoms with van der Waals surface area (Å²) in [6.07, 6.45) is 0. The second-order valence-corrected chi connectivity index (χ2v) is 9.15. The standard InChI is InChI=1S/C35H26O4/c1-2-37-35(36)34-32(26-12-4-3-5-13-26)22-31(38-29-18-16-24-10-6-8-14-27(24)20-29)23-33(34)39-30-19-17-25-11-7-9-15-28(25)21-30/h3-23H,2H2,1H3. The molecule has 0 radical (unpaired) electrons. The molecule has 0 aromatic heterocycles. The second-order valence-electron chi connectivity index (χ2n) is 9.15. The zero-order valence-corrected chi connectivity index (χ0v) is 21.5. The molecule has 0 aliphatic carbocycles. The van der Waals surface area contributed by atoms with Crippen molar-refractivity contribution < 1.29 is 19.0 Å². The first-order chi connectivity index (χ1) is 19.2. The van der Waals surface area contributed by atoms with E-state index >= 15 is 0 Å². The third-order valence-electron chi connectivity index (χ3n) is 6.55. The molecule has 0 saturated heterocycles. The van der Waals surface area contributed by atoms with Crippen LogP contribution in [0.15, 0.2) is 127 Å². The van der Waals surface area contributed by atoms with E-state index in [1.807, 2.05) is 103 Å². The minimum absolute atomic E-state index is 0.248. The van der Waals surface area contributed by atoms with Crippen LogP contribution in [0.2, 0.25) is 0 Å². The first kappa shape index (κ1) is 24.3. The van der Waals surface area contributed by atoms with Crippen molar-refractivity contribution in [2.45, 2.75) is 6.92 Å². The molecular formula is C35H26O4. The number of hydrogen-bond donors (Lipinski definition) is 0. The number of esters is 1. The van der Waals surface area contributed by atoms with Crippen LogP contribution in [0.4, 0.5) is 0 Å². The van der Waals surface area contributed by atoms with E-state index < -0.39 is 5.97 Å². The van der Waals surface area contributed by atoms with Gasteiger partial charge < -0.3 is 14.2 Å². The first-order valence-electron chi connectivity index (χ1n) is 12.9. The van der Waals surface area contributed by atoms with E-state index in [1.54, 1.807) is 13.0 Å². The van der Waals surface area contributed by atoms with Gasteiger partial charge in [-0.15, -0.1) is 0 Å². The summed E-state index contributed by atoms with van der Waals surface area (Å²) in [7, 11) is 0. The normalized spacial score (nSPS) is 10.9. The maximum atomic E-state index is 13.3. The van der Waals surface area contributed by atoms with Gasteiger partial charge in [0.1, 0.15) is 28.6 Å². The van der Waals surface area contributed by atoms with Crippen molar-refractivity contribution in [1.29, 1.82) is 0 Å². The van der Waals surface area contributed by atoms with Crippen LogP contribution in [0.25, 0.3) is 32.7 Å². The Hall–Kier alpha value is -5.09. The Bertz CT molecular complexity index is 1790. The largest absolute Gasteiger partial charge is 0.462 e. The zero-order chi connectivity index (χ0) is 26.6. The summed E-state index contributed by atoms with van der Waals surface area (Å²) >= 11 is 0. The molecular weight excluding hydrogens is 484 g/mol. The number of carbonyl (C=O) groups excluding carboxylic acids is 1. The van der Waals surface area contributed by atoms with Crippen LogP contribution in [-0.4, -0.2) is 12.6 Å². The van der Waals surface area contributed by atoms with Gasteiger partial charge in [0.2, 0.25) is 0 Å². The van der Waals surface area contributed by atoms with Crippen LogP contribution < -0.4 is 9.47 Å². The minimum Gasteiger partial charge on any atom is -0.462 e. The fraction of sp³-hybridized carbons (Fsp3) is 0.0571. The van der Waals surface area contributed by atoms with Crippen molar-refractivity contribution in [3.63, 3.8) is 0 Å². The highest BCUT2D eigenvalue weighted by molar-refractivity contribution is 6.01. The molecule has 0 unspecified atom stereocenters. The molecule has 0 heterocycles. The van der Waals surface area contributed by atoms with E-state index in [0.717, 1.165) is 27.1 Å². The molecule has 0 spiro atoms. The summed E-state index contributed by atoms with van der Waals surface area (Å²) in [6, 6.07) is 41.4. The van der Waals surface area contributed by atoms with Gasteiger partial charge in [0.25, 0.3) is 0 Å². The van der Waals surface area contributed by atoms with E-state index in [0.29, 0.717) is 34.1 Å². The Balaban J connectivity index is 1.49. The number of carbonyl (C=O) groups is 1. The van der Waals surface area contributed by atoms with Crippen molar-refractivity contribution in [3.05, 3.63) is 133 Å². The minimum atomic E-state index is -0.454. The van der Waals surface area contributed by atoms with Crippen molar-refractivity contribution in [2.75, 3.05) is 6.61 Å². The van der Waals surface area contributed by atoms with Crippen LogP contribution >= 0.6 is 0 Å².